The summed E-state index contributed by atoms with van der Waals surface area (Å²) in [4.78, 5) is 17.1. The number of alkyl halides is 3. The fourth-order valence-corrected chi connectivity index (χ4v) is 4.04. The molecule has 0 aliphatic heterocycles. The lowest BCUT2D eigenvalue weighted by Gasteiger charge is -2.14. The summed E-state index contributed by atoms with van der Waals surface area (Å²) >= 11 is 2.48. The van der Waals surface area contributed by atoms with Gasteiger partial charge in [-0.3, -0.25) is 10.1 Å². The predicted octanol–water partition coefficient (Wildman–Crippen LogP) is 5.93. The molecule has 3 rings (SSSR count). The van der Waals surface area contributed by atoms with Gasteiger partial charge >= 0.3 is 6.18 Å². The van der Waals surface area contributed by atoms with Gasteiger partial charge in [-0.05, 0) is 29.7 Å². The van der Waals surface area contributed by atoms with E-state index in [4.69, 9.17) is 0 Å². The Labute approximate surface area is 150 Å². The number of hydrogen-bond donors (Lipinski definition) is 1. The minimum absolute atomic E-state index is 0.120. The van der Waals surface area contributed by atoms with Crippen molar-refractivity contribution in [2.45, 2.75) is 32.4 Å². The fraction of sp³-hybridized carbons (Fsp3) is 0.294. The van der Waals surface area contributed by atoms with E-state index in [0.29, 0.717) is 20.1 Å². The SMILES string of the molecule is CC(C)(C)c1csc(NC(=O)c2cc3cc(C(F)(F)F)ccc3s2)n1. The Balaban J connectivity index is 1.84. The first kappa shape index (κ1) is 17.9. The first-order chi connectivity index (χ1) is 11.5. The lowest BCUT2D eigenvalue weighted by atomic mass is 9.93. The van der Waals surface area contributed by atoms with E-state index in [1.165, 1.54) is 23.5 Å². The quantitative estimate of drug-likeness (QED) is 0.595. The van der Waals surface area contributed by atoms with Crippen molar-refractivity contribution in [3.05, 3.63) is 45.8 Å². The molecule has 0 fully saturated rings. The molecule has 0 saturated heterocycles. The van der Waals surface area contributed by atoms with Crippen molar-refractivity contribution in [1.82, 2.24) is 4.98 Å². The molecule has 3 nitrogen and oxygen atoms in total. The topological polar surface area (TPSA) is 42.0 Å². The number of anilines is 1. The summed E-state index contributed by atoms with van der Waals surface area (Å²) in [5.74, 6) is -0.371. The van der Waals surface area contributed by atoms with Crippen LogP contribution in [0.1, 0.15) is 41.7 Å². The molecule has 132 valence electrons. The van der Waals surface area contributed by atoms with Crippen LogP contribution in [0.3, 0.4) is 0 Å². The van der Waals surface area contributed by atoms with E-state index in [1.807, 2.05) is 26.2 Å². The van der Waals surface area contributed by atoms with E-state index in [1.54, 1.807) is 0 Å². The average Bonchev–Trinajstić information content (AvgIpc) is 3.10. The Bertz CT molecular complexity index is 935. The number of thiazole rings is 1. The van der Waals surface area contributed by atoms with Gasteiger partial charge in [0, 0.05) is 15.5 Å². The van der Waals surface area contributed by atoms with E-state index >= 15 is 0 Å². The van der Waals surface area contributed by atoms with Crippen LogP contribution in [-0.4, -0.2) is 10.9 Å². The molecule has 1 amide bonds. The smallest absolute Gasteiger partial charge is 0.297 e. The second-order valence-corrected chi connectivity index (χ2v) is 8.54. The van der Waals surface area contributed by atoms with Gasteiger partial charge in [0.05, 0.1) is 16.1 Å². The number of thiophene rings is 1. The Morgan fingerprint density at radius 1 is 1.16 bits per heavy atom. The van der Waals surface area contributed by atoms with E-state index in [2.05, 4.69) is 10.3 Å². The molecule has 0 saturated carbocycles. The van der Waals surface area contributed by atoms with Gasteiger partial charge in [-0.15, -0.1) is 22.7 Å². The number of hydrogen-bond acceptors (Lipinski definition) is 4. The summed E-state index contributed by atoms with van der Waals surface area (Å²) in [5.41, 5.74) is 0.0314. The molecule has 0 atom stereocenters. The van der Waals surface area contributed by atoms with Crippen molar-refractivity contribution in [3.8, 4) is 0 Å². The first-order valence-corrected chi connectivity index (χ1v) is 9.12. The maximum Gasteiger partial charge on any atom is 0.416 e. The second kappa shape index (κ2) is 6.10. The number of nitrogens with one attached hydrogen (secondary N) is 1. The number of amides is 1. The van der Waals surface area contributed by atoms with E-state index in [9.17, 15) is 18.0 Å². The average molecular weight is 384 g/mol. The molecule has 0 spiro atoms. The van der Waals surface area contributed by atoms with Gasteiger partial charge in [0.1, 0.15) is 0 Å². The molecule has 2 aromatic heterocycles. The van der Waals surface area contributed by atoms with Gasteiger partial charge < -0.3 is 0 Å². The largest absolute Gasteiger partial charge is 0.416 e. The van der Waals surface area contributed by atoms with Crippen molar-refractivity contribution in [2.75, 3.05) is 5.32 Å². The molecule has 1 aromatic carbocycles. The highest BCUT2D eigenvalue weighted by atomic mass is 32.1. The lowest BCUT2D eigenvalue weighted by molar-refractivity contribution is -0.137. The van der Waals surface area contributed by atoms with Crippen LogP contribution in [0.4, 0.5) is 18.3 Å². The molecule has 25 heavy (non-hydrogen) atoms. The summed E-state index contributed by atoms with van der Waals surface area (Å²) in [6.07, 6.45) is -4.40. The lowest BCUT2D eigenvalue weighted by Crippen LogP contribution is -2.13. The second-order valence-electron chi connectivity index (χ2n) is 6.60. The monoisotopic (exact) mass is 384 g/mol. The van der Waals surface area contributed by atoms with Crippen LogP contribution < -0.4 is 5.32 Å². The molecule has 0 radical (unpaired) electrons. The molecule has 0 unspecified atom stereocenters. The highest BCUT2D eigenvalue weighted by Gasteiger charge is 2.30. The molecular weight excluding hydrogens is 369 g/mol. The van der Waals surface area contributed by atoms with Crippen LogP contribution in [0.25, 0.3) is 10.1 Å². The third-order valence-electron chi connectivity index (χ3n) is 3.56. The number of carbonyl (C=O) groups is 1. The summed E-state index contributed by atoms with van der Waals surface area (Å²) < 4.78 is 39.0. The van der Waals surface area contributed by atoms with Crippen molar-refractivity contribution in [3.63, 3.8) is 0 Å². The third-order valence-corrected chi connectivity index (χ3v) is 5.43. The summed E-state index contributed by atoms with van der Waals surface area (Å²) in [5, 5.41) is 5.48. The number of rotatable bonds is 2. The number of benzene rings is 1. The predicted molar refractivity (Wildman–Crippen MR) is 95.6 cm³/mol. The summed E-state index contributed by atoms with van der Waals surface area (Å²) in [6.45, 7) is 6.08. The molecule has 8 heteroatoms. The normalized spacial score (nSPS) is 12.6. The number of aromatic nitrogens is 1. The van der Waals surface area contributed by atoms with Crippen LogP contribution >= 0.6 is 22.7 Å². The zero-order valence-electron chi connectivity index (χ0n) is 13.7. The minimum Gasteiger partial charge on any atom is -0.297 e. The van der Waals surface area contributed by atoms with Crippen LogP contribution in [0.2, 0.25) is 0 Å². The highest BCUT2D eigenvalue weighted by molar-refractivity contribution is 7.21. The Morgan fingerprint density at radius 2 is 1.88 bits per heavy atom. The van der Waals surface area contributed by atoms with Gasteiger partial charge in [0.2, 0.25) is 0 Å². The Kier molecular flexibility index (Phi) is 4.36. The number of nitrogens with zero attached hydrogens (tertiary/aromatic N) is 1. The summed E-state index contributed by atoms with van der Waals surface area (Å²) in [7, 11) is 0. The maximum atomic E-state index is 12.8. The minimum atomic E-state index is -4.40. The first-order valence-electron chi connectivity index (χ1n) is 7.42. The number of halogens is 3. The Morgan fingerprint density at radius 3 is 2.48 bits per heavy atom. The molecule has 2 heterocycles. The molecule has 0 aliphatic carbocycles. The third kappa shape index (κ3) is 3.85. The van der Waals surface area contributed by atoms with Crippen LogP contribution in [-0.2, 0) is 11.6 Å². The molecule has 0 bridgehead atoms. The fourth-order valence-electron chi connectivity index (χ4n) is 2.17. The molecular formula is C17H15F3N2OS2. The molecule has 3 aromatic rings. The van der Waals surface area contributed by atoms with E-state index < -0.39 is 11.7 Å². The Hall–Kier alpha value is -1.93. The van der Waals surface area contributed by atoms with Crippen LogP contribution in [0.5, 0.6) is 0 Å². The van der Waals surface area contributed by atoms with Crippen LogP contribution in [0.15, 0.2) is 29.6 Å². The van der Waals surface area contributed by atoms with E-state index in [-0.39, 0.29) is 11.3 Å². The maximum absolute atomic E-state index is 12.8. The van der Waals surface area contributed by atoms with Gasteiger partial charge in [0.25, 0.3) is 5.91 Å². The number of fused-ring (bicyclic) bond motifs is 1. The van der Waals surface area contributed by atoms with Gasteiger partial charge in [-0.25, -0.2) is 4.98 Å². The van der Waals surface area contributed by atoms with Crippen molar-refractivity contribution < 1.29 is 18.0 Å². The molecule has 1 N–H and O–H groups in total. The van der Waals surface area contributed by atoms with Crippen molar-refractivity contribution >= 4 is 43.8 Å². The molecule has 0 aliphatic rings. The van der Waals surface area contributed by atoms with Gasteiger partial charge in [0.15, 0.2) is 5.13 Å². The zero-order valence-corrected chi connectivity index (χ0v) is 15.3. The standard InChI is InChI=1S/C17H15F3N2OS2/c1-16(2,3)13-8-24-15(21-13)22-14(23)12-7-9-6-10(17(18,19)20)4-5-11(9)25-12/h4-8H,1-3H3,(H,21,22,23). The van der Waals surface area contributed by atoms with Crippen LogP contribution in [0, 0.1) is 0 Å². The summed E-state index contributed by atoms with van der Waals surface area (Å²) in [6, 6.07) is 4.95. The number of carbonyl (C=O) groups excluding carboxylic acids is 1. The van der Waals surface area contributed by atoms with Gasteiger partial charge in [-0.1, -0.05) is 20.8 Å². The van der Waals surface area contributed by atoms with Crippen molar-refractivity contribution in [1.29, 1.82) is 0 Å². The van der Waals surface area contributed by atoms with Gasteiger partial charge in [-0.2, -0.15) is 13.2 Å². The zero-order chi connectivity index (χ0) is 18.4. The highest BCUT2D eigenvalue weighted by Crippen LogP contribution is 2.34. The van der Waals surface area contributed by atoms with E-state index in [0.717, 1.165) is 29.2 Å². The van der Waals surface area contributed by atoms with Crippen molar-refractivity contribution in [2.24, 2.45) is 0 Å².